The highest BCUT2D eigenvalue weighted by Crippen LogP contribution is 2.33. The quantitative estimate of drug-likeness (QED) is 0.618. The lowest BCUT2D eigenvalue weighted by molar-refractivity contribution is 0.163. The molecule has 2 unspecified atom stereocenters. The van der Waals surface area contributed by atoms with Crippen molar-refractivity contribution in [2.24, 2.45) is 0 Å². The number of rotatable bonds is 0. The molecular weight excluding hydrogens is 148 g/mol. The van der Waals surface area contributed by atoms with Crippen molar-refractivity contribution < 1.29 is 5.11 Å². The van der Waals surface area contributed by atoms with E-state index >= 15 is 0 Å². The summed E-state index contributed by atoms with van der Waals surface area (Å²) in [5, 5.41) is 9.61. The Labute approximate surface area is 73.0 Å². The second-order valence-corrected chi connectivity index (χ2v) is 3.76. The average Bonchev–Trinajstić information content (AvgIpc) is 2.31. The van der Waals surface area contributed by atoms with Gasteiger partial charge in [0.1, 0.15) is 0 Å². The average molecular weight is 162 g/mol. The summed E-state index contributed by atoms with van der Waals surface area (Å²) >= 11 is 0. The van der Waals surface area contributed by atoms with Gasteiger partial charge in [0.05, 0.1) is 6.10 Å². The van der Waals surface area contributed by atoms with Crippen LogP contribution < -0.4 is 0 Å². The van der Waals surface area contributed by atoms with Crippen LogP contribution in [0.25, 0.3) is 0 Å². The maximum Gasteiger partial charge on any atom is 0.0646 e. The lowest BCUT2D eigenvalue weighted by atomic mass is 10.0. The van der Waals surface area contributed by atoms with Gasteiger partial charge < -0.3 is 5.11 Å². The minimum absolute atomic E-state index is 0.165. The summed E-state index contributed by atoms with van der Waals surface area (Å²) in [6.07, 6.45) is 0.665. The van der Waals surface area contributed by atoms with Crippen molar-refractivity contribution in [1.29, 1.82) is 0 Å². The van der Waals surface area contributed by atoms with Gasteiger partial charge >= 0.3 is 0 Å². The fourth-order valence-electron chi connectivity index (χ4n) is 1.93. The molecule has 1 aromatic carbocycles. The van der Waals surface area contributed by atoms with E-state index in [9.17, 15) is 5.11 Å². The molecule has 1 aromatic rings. The highest BCUT2D eigenvalue weighted by atomic mass is 16.3. The molecule has 0 bridgehead atoms. The highest BCUT2D eigenvalue weighted by Gasteiger charge is 2.26. The fraction of sp³-hybridized carbons (Fsp3) is 0.455. The second-order valence-electron chi connectivity index (χ2n) is 3.76. The van der Waals surface area contributed by atoms with Crippen LogP contribution in [0.3, 0.4) is 0 Å². The van der Waals surface area contributed by atoms with Crippen LogP contribution in [-0.4, -0.2) is 11.2 Å². The van der Waals surface area contributed by atoms with E-state index in [0.29, 0.717) is 5.92 Å². The highest BCUT2D eigenvalue weighted by molar-refractivity contribution is 5.39. The molecule has 0 aromatic heterocycles. The fourth-order valence-corrected chi connectivity index (χ4v) is 1.93. The number of hydrogen-bond acceptors (Lipinski definition) is 1. The predicted octanol–water partition coefficient (Wildman–Crippen LogP) is 2.02. The van der Waals surface area contributed by atoms with Crippen LogP contribution in [0.1, 0.15) is 29.5 Å². The summed E-state index contributed by atoms with van der Waals surface area (Å²) in [5.41, 5.74) is 3.94. The molecule has 2 rings (SSSR count). The van der Waals surface area contributed by atoms with Crippen LogP contribution >= 0.6 is 0 Å². The third-order valence-corrected chi connectivity index (χ3v) is 2.80. The summed E-state index contributed by atoms with van der Waals surface area (Å²) < 4.78 is 0. The molecule has 0 amide bonds. The summed E-state index contributed by atoms with van der Waals surface area (Å²) in [7, 11) is 0. The molecule has 1 aliphatic rings. The van der Waals surface area contributed by atoms with Gasteiger partial charge in [0.25, 0.3) is 0 Å². The van der Waals surface area contributed by atoms with Gasteiger partial charge in [-0.05, 0) is 24.5 Å². The van der Waals surface area contributed by atoms with Gasteiger partial charge in [0.15, 0.2) is 0 Å². The van der Waals surface area contributed by atoms with Gasteiger partial charge in [-0.3, -0.25) is 0 Å². The molecule has 1 N–H and O–H groups in total. The summed E-state index contributed by atoms with van der Waals surface area (Å²) in [6, 6.07) is 6.44. The van der Waals surface area contributed by atoms with Crippen LogP contribution in [-0.2, 0) is 6.42 Å². The maximum atomic E-state index is 9.61. The van der Waals surface area contributed by atoms with E-state index in [0.717, 1.165) is 6.42 Å². The third kappa shape index (κ3) is 1.05. The standard InChI is InChI=1S/C11H14O/c1-7-3-4-9-6-11(12)8(2)10(9)5-7/h3-5,8,11-12H,6H2,1-2H3. The van der Waals surface area contributed by atoms with E-state index in [-0.39, 0.29) is 6.10 Å². The Morgan fingerprint density at radius 2 is 2.17 bits per heavy atom. The van der Waals surface area contributed by atoms with Gasteiger partial charge in [-0.15, -0.1) is 0 Å². The molecule has 1 aliphatic carbocycles. The molecule has 12 heavy (non-hydrogen) atoms. The Morgan fingerprint density at radius 3 is 2.92 bits per heavy atom. The zero-order chi connectivity index (χ0) is 8.72. The lowest BCUT2D eigenvalue weighted by Crippen LogP contribution is -2.09. The molecule has 2 atom stereocenters. The molecule has 1 heteroatoms. The zero-order valence-electron chi connectivity index (χ0n) is 7.54. The number of aliphatic hydroxyl groups excluding tert-OH is 1. The van der Waals surface area contributed by atoms with Crippen molar-refractivity contribution in [3.05, 3.63) is 34.9 Å². The van der Waals surface area contributed by atoms with Crippen LogP contribution in [0, 0.1) is 6.92 Å². The van der Waals surface area contributed by atoms with Crippen molar-refractivity contribution in [2.75, 3.05) is 0 Å². The third-order valence-electron chi connectivity index (χ3n) is 2.80. The Balaban J connectivity index is 2.48. The Bertz CT molecular complexity index is 304. The first-order valence-corrected chi connectivity index (χ1v) is 4.46. The SMILES string of the molecule is Cc1ccc2c(c1)C(C)C(O)C2. The van der Waals surface area contributed by atoms with Crippen molar-refractivity contribution >= 4 is 0 Å². The molecule has 1 nitrogen and oxygen atoms in total. The predicted molar refractivity (Wildman–Crippen MR) is 49.3 cm³/mol. The van der Waals surface area contributed by atoms with Gasteiger partial charge in [-0.1, -0.05) is 30.7 Å². The summed E-state index contributed by atoms with van der Waals surface area (Å²) in [4.78, 5) is 0. The van der Waals surface area contributed by atoms with Gasteiger partial charge in [0.2, 0.25) is 0 Å². The van der Waals surface area contributed by atoms with E-state index < -0.39 is 0 Å². The number of aliphatic hydroxyl groups is 1. The zero-order valence-corrected chi connectivity index (χ0v) is 7.54. The van der Waals surface area contributed by atoms with E-state index in [1.54, 1.807) is 0 Å². The molecule has 0 aliphatic heterocycles. The molecular formula is C11H14O. The van der Waals surface area contributed by atoms with Crippen LogP contribution in [0.5, 0.6) is 0 Å². The summed E-state index contributed by atoms with van der Waals surface area (Å²) in [5.74, 6) is 0.319. The molecule has 0 radical (unpaired) electrons. The minimum atomic E-state index is -0.165. The van der Waals surface area contributed by atoms with E-state index in [4.69, 9.17) is 0 Å². The van der Waals surface area contributed by atoms with E-state index in [2.05, 4.69) is 32.0 Å². The smallest absolute Gasteiger partial charge is 0.0646 e. The van der Waals surface area contributed by atoms with Crippen molar-refractivity contribution in [2.45, 2.75) is 32.3 Å². The van der Waals surface area contributed by atoms with Crippen LogP contribution in [0.2, 0.25) is 0 Å². The minimum Gasteiger partial charge on any atom is -0.392 e. The maximum absolute atomic E-state index is 9.61. The summed E-state index contributed by atoms with van der Waals surface area (Å²) in [6.45, 7) is 4.19. The molecule has 0 saturated carbocycles. The monoisotopic (exact) mass is 162 g/mol. The number of aryl methyl sites for hydroxylation is 1. The Morgan fingerprint density at radius 1 is 1.42 bits per heavy atom. The molecule has 0 fully saturated rings. The lowest BCUT2D eigenvalue weighted by Gasteiger charge is -2.08. The first-order valence-electron chi connectivity index (χ1n) is 4.46. The normalized spacial score (nSPS) is 27.2. The van der Waals surface area contributed by atoms with Gasteiger partial charge in [-0.2, -0.15) is 0 Å². The Kier molecular flexibility index (Phi) is 1.69. The topological polar surface area (TPSA) is 20.2 Å². The molecule has 0 heterocycles. The van der Waals surface area contributed by atoms with E-state index in [1.165, 1.54) is 16.7 Å². The molecule has 0 spiro atoms. The van der Waals surface area contributed by atoms with Crippen LogP contribution in [0.4, 0.5) is 0 Å². The van der Waals surface area contributed by atoms with Crippen molar-refractivity contribution in [3.63, 3.8) is 0 Å². The number of benzene rings is 1. The van der Waals surface area contributed by atoms with Gasteiger partial charge in [-0.25, -0.2) is 0 Å². The first-order chi connectivity index (χ1) is 5.68. The number of hydrogen-bond donors (Lipinski definition) is 1. The molecule has 0 saturated heterocycles. The Hall–Kier alpha value is -0.820. The van der Waals surface area contributed by atoms with Gasteiger partial charge in [0, 0.05) is 5.92 Å². The second kappa shape index (κ2) is 2.60. The first kappa shape index (κ1) is 7.81. The largest absolute Gasteiger partial charge is 0.392 e. The van der Waals surface area contributed by atoms with Crippen LogP contribution in [0.15, 0.2) is 18.2 Å². The van der Waals surface area contributed by atoms with E-state index in [1.807, 2.05) is 0 Å². The van der Waals surface area contributed by atoms with Crippen molar-refractivity contribution in [1.82, 2.24) is 0 Å². The van der Waals surface area contributed by atoms with Crippen molar-refractivity contribution in [3.8, 4) is 0 Å². The molecule has 64 valence electrons. The number of fused-ring (bicyclic) bond motifs is 1.